The van der Waals surface area contributed by atoms with Gasteiger partial charge in [-0.25, -0.2) is 0 Å². The molecule has 0 amide bonds. The molecule has 1 aliphatic rings. The van der Waals surface area contributed by atoms with Crippen LogP contribution in [0.15, 0.2) is 12.1 Å². The number of hydrogen-bond acceptors (Lipinski definition) is 2. The van der Waals surface area contributed by atoms with Crippen LogP contribution in [0.5, 0.6) is 5.75 Å². The largest absolute Gasteiger partial charge is 0.495 e. The smallest absolute Gasteiger partial charge is 0.138 e. The van der Waals surface area contributed by atoms with Crippen LogP contribution in [-0.2, 0) is 10.2 Å². The summed E-state index contributed by atoms with van der Waals surface area (Å²) in [5.41, 5.74) is 1.02. The fourth-order valence-electron chi connectivity index (χ4n) is 1.71. The Morgan fingerprint density at radius 1 is 1.27 bits per heavy atom. The van der Waals surface area contributed by atoms with E-state index in [9.17, 15) is 0 Å². The van der Waals surface area contributed by atoms with E-state index in [4.69, 9.17) is 32.7 Å². The van der Waals surface area contributed by atoms with Crippen molar-refractivity contribution >= 4 is 23.2 Å². The zero-order valence-corrected chi connectivity index (χ0v) is 10.2. The Bertz CT molecular complexity index is 386. The van der Waals surface area contributed by atoms with E-state index in [1.807, 2.05) is 6.07 Å². The maximum Gasteiger partial charge on any atom is 0.138 e. The van der Waals surface area contributed by atoms with Crippen LogP contribution in [0.2, 0.25) is 10.0 Å². The zero-order chi connectivity index (χ0) is 11.1. The summed E-state index contributed by atoms with van der Waals surface area (Å²) < 4.78 is 10.3. The third-order valence-electron chi connectivity index (χ3n) is 2.73. The molecule has 0 atom stereocenters. The van der Waals surface area contributed by atoms with Crippen LogP contribution in [0, 0.1) is 0 Å². The molecule has 2 nitrogen and oxygen atoms in total. The van der Waals surface area contributed by atoms with E-state index in [2.05, 4.69) is 6.92 Å². The number of methoxy groups -OCH3 is 1. The summed E-state index contributed by atoms with van der Waals surface area (Å²) in [6.45, 7) is 3.49. The van der Waals surface area contributed by atoms with Gasteiger partial charge in [0.1, 0.15) is 5.75 Å². The molecule has 0 radical (unpaired) electrons. The Labute approximate surface area is 99.1 Å². The first-order chi connectivity index (χ1) is 7.07. The Kier molecular flexibility index (Phi) is 2.84. The third-order valence-corrected chi connectivity index (χ3v) is 3.34. The summed E-state index contributed by atoms with van der Waals surface area (Å²) in [7, 11) is 1.57. The maximum absolute atomic E-state index is 6.18. The van der Waals surface area contributed by atoms with Gasteiger partial charge < -0.3 is 9.47 Å². The van der Waals surface area contributed by atoms with Crippen molar-refractivity contribution in [3.63, 3.8) is 0 Å². The van der Waals surface area contributed by atoms with Crippen LogP contribution in [0.3, 0.4) is 0 Å². The number of benzene rings is 1. The van der Waals surface area contributed by atoms with Gasteiger partial charge in [0.15, 0.2) is 0 Å². The van der Waals surface area contributed by atoms with Crippen molar-refractivity contribution in [2.24, 2.45) is 0 Å². The second kappa shape index (κ2) is 3.85. The average Bonchev–Trinajstić information content (AvgIpc) is 2.17. The molecule has 82 valence electrons. The van der Waals surface area contributed by atoms with Crippen LogP contribution < -0.4 is 4.74 Å². The molecule has 4 heteroatoms. The minimum Gasteiger partial charge on any atom is -0.495 e. The molecule has 0 saturated carbocycles. The molecule has 0 aliphatic carbocycles. The zero-order valence-electron chi connectivity index (χ0n) is 8.64. The van der Waals surface area contributed by atoms with Crippen LogP contribution in [0.4, 0.5) is 0 Å². The molecule has 1 aliphatic heterocycles. The Hall–Kier alpha value is -0.440. The SMILES string of the molecule is COc1cc(Cl)c(C2(C)COC2)cc1Cl. The second-order valence-corrected chi connectivity index (χ2v) is 4.83. The number of halogens is 2. The number of rotatable bonds is 2. The van der Waals surface area contributed by atoms with Gasteiger partial charge in [0.2, 0.25) is 0 Å². The summed E-state index contributed by atoms with van der Waals surface area (Å²) in [5, 5.41) is 1.27. The first-order valence-electron chi connectivity index (χ1n) is 4.68. The molecule has 1 aromatic carbocycles. The van der Waals surface area contributed by atoms with E-state index in [0.717, 1.165) is 5.56 Å². The number of hydrogen-bond donors (Lipinski definition) is 0. The first kappa shape index (κ1) is 11.1. The van der Waals surface area contributed by atoms with Gasteiger partial charge in [0, 0.05) is 16.5 Å². The van der Waals surface area contributed by atoms with E-state index in [0.29, 0.717) is 29.0 Å². The fourth-order valence-corrected chi connectivity index (χ4v) is 2.33. The van der Waals surface area contributed by atoms with Crippen molar-refractivity contribution < 1.29 is 9.47 Å². The van der Waals surface area contributed by atoms with Gasteiger partial charge >= 0.3 is 0 Å². The van der Waals surface area contributed by atoms with Crippen molar-refractivity contribution in [2.75, 3.05) is 20.3 Å². The Balaban J connectivity index is 2.45. The monoisotopic (exact) mass is 246 g/mol. The van der Waals surface area contributed by atoms with Gasteiger partial charge in [-0.1, -0.05) is 30.1 Å². The molecule has 15 heavy (non-hydrogen) atoms. The Morgan fingerprint density at radius 2 is 1.93 bits per heavy atom. The summed E-state index contributed by atoms with van der Waals surface area (Å²) >= 11 is 12.2. The maximum atomic E-state index is 6.18. The molecule has 1 fully saturated rings. The van der Waals surface area contributed by atoms with Gasteiger partial charge in [-0.2, -0.15) is 0 Å². The minimum atomic E-state index is -0.00695. The highest BCUT2D eigenvalue weighted by Gasteiger charge is 2.37. The lowest BCUT2D eigenvalue weighted by Crippen LogP contribution is -2.44. The van der Waals surface area contributed by atoms with Crippen LogP contribution in [-0.4, -0.2) is 20.3 Å². The quantitative estimate of drug-likeness (QED) is 0.798. The minimum absolute atomic E-state index is 0.00695. The molecule has 2 rings (SSSR count). The van der Waals surface area contributed by atoms with Gasteiger partial charge in [-0.05, 0) is 11.6 Å². The predicted molar refractivity (Wildman–Crippen MR) is 61.2 cm³/mol. The average molecular weight is 247 g/mol. The van der Waals surface area contributed by atoms with Gasteiger partial charge in [-0.3, -0.25) is 0 Å². The summed E-state index contributed by atoms with van der Waals surface area (Å²) in [6.07, 6.45) is 0. The van der Waals surface area contributed by atoms with Gasteiger partial charge in [0.25, 0.3) is 0 Å². The van der Waals surface area contributed by atoms with Crippen molar-refractivity contribution in [3.8, 4) is 5.75 Å². The molecule has 0 aromatic heterocycles. The summed E-state index contributed by atoms with van der Waals surface area (Å²) in [5.74, 6) is 0.606. The van der Waals surface area contributed by atoms with Gasteiger partial charge in [-0.15, -0.1) is 0 Å². The number of ether oxygens (including phenoxy) is 2. The van der Waals surface area contributed by atoms with Crippen LogP contribution >= 0.6 is 23.2 Å². The van der Waals surface area contributed by atoms with Crippen LogP contribution in [0.25, 0.3) is 0 Å². The highest BCUT2D eigenvalue weighted by Crippen LogP contribution is 2.40. The highest BCUT2D eigenvalue weighted by molar-refractivity contribution is 6.34. The molecular formula is C11H12Cl2O2. The Morgan fingerprint density at radius 3 is 2.40 bits per heavy atom. The molecular weight excluding hydrogens is 235 g/mol. The molecule has 0 spiro atoms. The first-order valence-corrected chi connectivity index (χ1v) is 5.44. The molecule has 1 saturated heterocycles. The van der Waals surface area contributed by atoms with Crippen molar-refractivity contribution in [3.05, 3.63) is 27.7 Å². The lowest BCUT2D eigenvalue weighted by Gasteiger charge is -2.39. The lowest BCUT2D eigenvalue weighted by molar-refractivity contribution is -0.0499. The van der Waals surface area contributed by atoms with Gasteiger partial charge in [0.05, 0.1) is 25.3 Å². The summed E-state index contributed by atoms with van der Waals surface area (Å²) in [4.78, 5) is 0. The second-order valence-electron chi connectivity index (χ2n) is 4.02. The van der Waals surface area contributed by atoms with E-state index < -0.39 is 0 Å². The topological polar surface area (TPSA) is 18.5 Å². The summed E-state index contributed by atoms with van der Waals surface area (Å²) in [6, 6.07) is 3.62. The predicted octanol–water partition coefficient (Wildman–Crippen LogP) is 3.29. The highest BCUT2D eigenvalue weighted by atomic mass is 35.5. The third kappa shape index (κ3) is 1.82. The van der Waals surface area contributed by atoms with Crippen LogP contribution in [0.1, 0.15) is 12.5 Å². The van der Waals surface area contributed by atoms with E-state index in [-0.39, 0.29) is 5.41 Å². The van der Waals surface area contributed by atoms with E-state index >= 15 is 0 Å². The fraction of sp³-hybridized carbons (Fsp3) is 0.455. The van der Waals surface area contributed by atoms with Crippen molar-refractivity contribution in [1.29, 1.82) is 0 Å². The van der Waals surface area contributed by atoms with Crippen molar-refractivity contribution in [2.45, 2.75) is 12.3 Å². The van der Waals surface area contributed by atoms with E-state index in [1.165, 1.54) is 0 Å². The molecule has 0 unspecified atom stereocenters. The lowest BCUT2D eigenvalue weighted by atomic mass is 9.81. The normalized spacial score (nSPS) is 18.4. The molecule has 0 bridgehead atoms. The van der Waals surface area contributed by atoms with E-state index in [1.54, 1.807) is 13.2 Å². The molecule has 0 N–H and O–H groups in total. The van der Waals surface area contributed by atoms with Crippen molar-refractivity contribution in [1.82, 2.24) is 0 Å². The molecule has 1 heterocycles. The molecule has 1 aromatic rings. The standard InChI is InChI=1S/C11H12Cl2O2/c1-11(5-15-6-11)7-3-9(13)10(14-2)4-8(7)12/h3-4H,5-6H2,1-2H3.